The number of aromatic nitrogens is 2. The minimum atomic E-state index is -0.507. The van der Waals surface area contributed by atoms with Gasteiger partial charge in [-0.3, -0.25) is 19.7 Å². The summed E-state index contributed by atoms with van der Waals surface area (Å²) < 4.78 is 0. The number of hydrogen-bond acceptors (Lipinski definition) is 5. The summed E-state index contributed by atoms with van der Waals surface area (Å²) in [6.45, 7) is 3.97. The normalized spacial score (nSPS) is 11.8. The first-order chi connectivity index (χ1) is 11.5. The van der Waals surface area contributed by atoms with E-state index in [1.807, 2.05) is 13.8 Å². The van der Waals surface area contributed by atoms with E-state index in [9.17, 15) is 14.4 Å². The summed E-state index contributed by atoms with van der Waals surface area (Å²) in [5.74, 6) is -0.522. The fourth-order valence-corrected chi connectivity index (χ4v) is 2.67. The number of amides is 2. The van der Waals surface area contributed by atoms with Crippen molar-refractivity contribution in [2.75, 3.05) is 5.32 Å². The van der Waals surface area contributed by atoms with Crippen LogP contribution in [-0.2, 0) is 11.2 Å². The van der Waals surface area contributed by atoms with E-state index in [2.05, 4.69) is 20.6 Å². The maximum atomic E-state index is 12.0. The van der Waals surface area contributed by atoms with E-state index in [0.29, 0.717) is 18.0 Å². The predicted molar refractivity (Wildman–Crippen MR) is 93.3 cm³/mol. The molecule has 2 heterocycles. The van der Waals surface area contributed by atoms with Gasteiger partial charge in [0.05, 0.1) is 5.69 Å². The molecule has 3 N–H and O–H groups in total. The van der Waals surface area contributed by atoms with Gasteiger partial charge in [0.2, 0.25) is 5.91 Å². The van der Waals surface area contributed by atoms with Crippen LogP contribution in [0.4, 0.5) is 5.13 Å². The van der Waals surface area contributed by atoms with Gasteiger partial charge < -0.3 is 10.3 Å². The third-order valence-corrected chi connectivity index (χ3v) is 4.27. The molecule has 1 atom stereocenters. The molecule has 0 saturated carbocycles. The van der Waals surface area contributed by atoms with Crippen molar-refractivity contribution in [3.8, 4) is 0 Å². The topological polar surface area (TPSA) is 104 Å². The lowest BCUT2D eigenvalue weighted by atomic mass is 10.2. The van der Waals surface area contributed by atoms with Crippen molar-refractivity contribution < 1.29 is 9.59 Å². The molecule has 0 fully saturated rings. The smallest absolute Gasteiger partial charge is 0.263 e. The number of pyridine rings is 1. The number of nitrogens with one attached hydrogen (secondary N) is 3. The molecule has 8 heteroatoms. The number of hydrogen-bond donors (Lipinski definition) is 3. The number of rotatable bonds is 7. The van der Waals surface area contributed by atoms with Gasteiger partial charge in [-0.1, -0.05) is 6.92 Å². The molecule has 0 aliphatic heterocycles. The number of anilines is 1. The van der Waals surface area contributed by atoms with Crippen molar-refractivity contribution in [2.45, 2.75) is 39.2 Å². The number of carbonyl (C=O) groups excluding carboxylic acids is 2. The van der Waals surface area contributed by atoms with Crippen molar-refractivity contribution in [2.24, 2.45) is 0 Å². The van der Waals surface area contributed by atoms with Crippen LogP contribution in [0.1, 0.15) is 42.7 Å². The van der Waals surface area contributed by atoms with Gasteiger partial charge >= 0.3 is 0 Å². The van der Waals surface area contributed by atoms with Gasteiger partial charge in [-0.05, 0) is 31.9 Å². The molecule has 2 aromatic heterocycles. The highest BCUT2D eigenvalue weighted by Gasteiger charge is 2.13. The van der Waals surface area contributed by atoms with Gasteiger partial charge in [-0.25, -0.2) is 4.98 Å². The minimum absolute atomic E-state index is 0.0150. The molecule has 128 valence electrons. The second-order valence-electron chi connectivity index (χ2n) is 5.39. The highest BCUT2D eigenvalue weighted by Crippen LogP contribution is 2.17. The van der Waals surface area contributed by atoms with Gasteiger partial charge in [0.25, 0.3) is 11.5 Å². The first-order valence-electron chi connectivity index (χ1n) is 7.72. The van der Waals surface area contributed by atoms with Gasteiger partial charge in [-0.2, -0.15) is 0 Å². The zero-order valence-electron chi connectivity index (χ0n) is 13.6. The molecule has 2 aromatic rings. The van der Waals surface area contributed by atoms with Gasteiger partial charge in [0.15, 0.2) is 5.13 Å². The summed E-state index contributed by atoms with van der Waals surface area (Å²) in [4.78, 5) is 42.1. The number of carbonyl (C=O) groups is 2. The quantitative estimate of drug-likeness (QED) is 0.711. The SMILES string of the molecule is CC[C@@H](C)NC(=O)CCc1csc(NC(=O)c2ccc[nH]c2=O)n1. The summed E-state index contributed by atoms with van der Waals surface area (Å²) in [6, 6.07) is 3.19. The van der Waals surface area contributed by atoms with Crippen molar-refractivity contribution in [1.82, 2.24) is 15.3 Å². The van der Waals surface area contributed by atoms with Crippen LogP contribution in [0.15, 0.2) is 28.5 Å². The van der Waals surface area contributed by atoms with Crippen LogP contribution in [0, 0.1) is 0 Å². The largest absolute Gasteiger partial charge is 0.354 e. The monoisotopic (exact) mass is 348 g/mol. The molecule has 0 unspecified atom stereocenters. The number of thiazole rings is 1. The van der Waals surface area contributed by atoms with Crippen LogP contribution >= 0.6 is 11.3 Å². The molecule has 2 amide bonds. The molecule has 0 bridgehead atoms. The van der Waals surface area contributed by atoms with E-state index < -0.39 is 11.5 Å². The summed E-state index contributed by atoms with van der Waals surface area (Å²) in [6.07, 6.45) is 3.20. The first-order valence-corrected chi connectivity index (χ1v) is 8.60. The molecular formula is C16H20N4O3S. The number of aromatic amines is 1. The highest BCUT2D eigenvalue weighted by molar-refractivity contribution is 7.14. The van der Waals surface area contributed by atoms with E-state index in [-0.39, 0.29) is 17.5 Å². The van der Waals surface area contributed by atoms with Crippen LogP contribution in [0.25, 0.3) is 0 Å². The molecule has 0 spiro atoms. The third-order valence-electron chi connectivity index (χ3n) is 3.46. The molecule has 24 heavy (non-hydrogen) atoms. The molecule has 0 saturated heterocycles. The summed E-state index contributed by atoms with van der Waals surface area (Å²) in [7, 11) is 0. The van der Waals surface area contributed by atoms with Crippen molar-refractivity contribution in [1.29, 1.82) is 0 Å². The van der Waals surface area contributed by atoms with Gasteiger partial charge in [0, 0.05) is 24.0 Å². The fraction of sp³-hybridized carbons (Fsp3) is 0.375. The summed E-state index contributed by atoms with van der Waals surface area (Å²) in [5.41, 5.74) is 0.312. The second kappa shape index (κ2) is 8.39. The van der Waals surface area contributed by atoms with Crippen LogP contribution in [0.5, 0.6) is 0 Å². The number of H-pyrrole nitrogens is 1. The maximum absolute atomic E-state index is 12.0. The van der Waals surface area contributed by atoms with Crippen LogP contribution in [0.2, 0.25) is 0 Å². The molecule has 0 aliphatic carbocycles. The van der Waals surface area contributed by atoms with Crippen molar-refractivity contribution in [3.05, 3.63) is 45.3 Å². The average Bonchev–Trinajstić information content (AvgIpc) is 3.00. The maximum Gasteiger partial charge on any atom is 0.263 e. The summed E-state index contributed by atoms with van der Waals surface area (Å²) >= 11 is 1.26. The van der Waals surface area contributed by atoms with Crippen molar-refractivity contribution in [3.63, 3.8) is 0 Å². The van der Waals surface area contributed by atoms with Crippen LogP contribution in [-0.4, -0.2) is 27.8 Å². The molecule has 0 radical (unpaired) electrons. The van der Waals surface area contributed by atoms with E-state index in [4.69, 9.17) is 0 Å². The zero-order valence-corrected chi connectivity index (χ0v) is 14.4. The number of aryl methyl sites for hydroxylation is 1. The van der Waals surface area contributed by atoms with E-state index in [0.717, 1.165) is 12.1 Å². The Morgan fingerprint density at radius 2 is 2.21 bits per heavy atom. The Morgan fingerprint density at radius 1 is 1.42 bits per heavy atom. The zero-order chi connectivity index (χ0) is 17.5. The fourth-order valence-electron chi connectivity index (χ4n) is 1.93. The lowest BCUT2D eigenvalue weighted by molar-refractivity contribution is -0.121. The van der Waals surface area contributed by atoms with Crippen molar-refractivity contribution >= 4 is 28.3 Å². The molecule has 7 nitrogen and oxygen atoms in total. The summed E-state index contributed by atoms with van der Waals surface area (Å²) in [5, 5.41) is 7.69. The standard InChI is InChI=1S/C16H20N4O3S/c1-3-10(2)18-13(21)7-6-11-9-24-16(19-11)20-15(23)12-5-4-8-17-14(12)22/h4-5,8-10H,3,6-7H2,1-2H3,(H,17,22)(H,18,21)(H,19,20,23)/t10-/m1/s1. The third kappa shape index (κ3) is 5.02. The Morgan fingerprint density at radius 3 is 2.92 bits per heavy atom. The Bertz CT molecular complexity index is 768. The molecule has 2 rings (SSSR count). The predicted octanol–water partition coefficient (Wildman–Crippen LogP) is 1.93. The second-order valence-corrected chi connectivity index (χ2v) is 6.25. The van der Waals surface area contributed by atoms with Gasteiger partial charge in [0.1, 0.15) is 5.56 Å². The van der Waals surface area contributed by atoms with Gasteiger partial charge in [-0.15, -0.1) is 11.3 Å². The van der Waals surface area contributed by atoms with E-state index in [1.165, 1.54) is 23.6 Å². The van der Waals surface area contributed by atoms with Crippen LogP contribution < -0.4 is 16.2 Å². The Labute approximate surface area is 143 Å². The average molecular weight is 348 g/mol. The molecular weight excluding hydrogens is 328 g/mol. The van der Waals surface area contributed by atoms with E-state index in [1.54, 1.807) is 11.4 Å². The lowest BCUT2D eigenvalue weighted by Crippen LogP contribution is -2.32. The Hall–Kier alpha value is -2.48. The lowest BCUT2D eigenvalue weighted by Gasteiger charge is -2.10. The number of nitrogens with zero attached hydrogens (tertiary/aromatic N) is 1. The highest BCUT2D eigenvalue weighted by atomic mass is 32.1. The first kappa shape index (κ1) is 17.9. The minimum Gasteiger partial charge on any atom is -0.354 e. The molecule has 0 aromatic carbocycles. The Kier molecular flexibility index (Phi) is 6.25. The van der Waals surface area contributed by atoms with Crippen LogP contribution in [0.3, 0.4) is 0 Å². The Balaban J connectivity index is 1.89. The van der Waals surface area contributed by atoms with E-state index >= 15 is 0 Å². The molecule has 0 aliphatic rings.